The maximum atomic E-state index is 4.57. The molecule has 0 aliphatic carbocycles. The van der Waals surface area contributed by atoms with Gasteiger partial charge >= 0.3 is 0 Å². The van der Waals surface area contributed by atoms with Crippen LogP contribution in [-0.4, -0.2) is 33.0 Å². The molecule has 20 heavy (non-hydrogen) atoms. The first-order valence-corrected chi connectivity index (χ1v) is 6.91. The number of nitrogens with one attached hydrogen (secondary N) is 2. The minimum Gasteiger partial charge on any atom is -0.316 e. The molecule has 104 valence electrons. The fourth-order valence-electron chi connectivity index (χ4n) is 2.45. The van der Waals surface area contributed by atoms with Gasteiger partial charge in [-0.2, -0.15) is 0 Å². The predicted octanol–water partition coefficient (Wildman–Crippen LogP) is 1.79. The topological polar surface area (TPSA) is 75.6 Å². The zero-order chi connectivity index (χ0) is 13.8. The molecule has 1 unspecified atom stereocenters. The first-order valence-electron chi connectivity index (χ1n) is 6.91. The van der Waals surface area contributed by atoms with Crippen LogP contribution in [0.4, 0.5) is 11.8 Å². The minimum atomic E-state index is 0.461. The van der Waals surface area contributed by atoms with Gasteiger partial charge in [0.1, 0.15) is 11.6 Å². The normalized spacial score (nSPS) is 18.8. The number of anilines is 2. The second-order valence-electron chi connectivity index (χ2n) is 4.97. The Labute approximate surface area is 118 Å². The van der Waals surface area contributed by atoms with E-state index in [1.165, 1.54) is 12.8 Å². The third-order valence-electron chi connectivity index (χ3n) is 3.38. The fraction of sp³-hybridized carbons (Fsp3) is 0.429. The van der Waals surface area contributed by atoms with Crippen molar-refractivity contribution in [1.82, 2.24) is 25.3 Å². The highest BCUT2D eigenvalue weighted by molar-refractivity contribution is 5.48. The Morgan fingerprint density at radius 1 is 1.25 bits per heavy atom. The highest BCUT2D eigenvalue weighted by Gasteiger charge is 2.17. The zero-order valence-corrected chi connectivity index (χ0v) is 11.5. The van der Waals surface area contributed by atoms with Crippen LogP contribution in [0, 0.1) is 6.92 Å². The van der Waals surface area contributed by atoms with Crippen LogP contribution in [0.2, 0.25) is 0 Å². The van der Waals surface area contributed by atoms with Crippen LogP contribution in [0.3, 0.4) is 0 Å². The first kappa shape index (κ1) is 12.9. The van der Waals surface area contributed by atoms with Crippen LogP contribution < -0.4 is 10.6 Å². The van der Waals surface area contributed by atoms with Gasteiger partial charge in [0.25, 0.3) is 0 Å². The second kappa shape index (κ2) is 5.92. The van der Waals surface area contributed by atoms with E-state index < -0.39 is 0 Å². The monoisotopic (exact) mass is 270 g/mol. The number of hydrogen-bond donors (Lipinski definition) is 2. The average molecular weight is 270 g/mol. The minimum absolute atomic E-state index is 0.461. The summed E-state index contributed by atoms with van der Waals surface area (Å²) in [5.41, 5.74) is 1.09. The van der Waals surface area contributed by atoms with Crippen molar-refractivity contribution in [1.29, 1.82) is 0 Å². The van der Waals surface area contributed by atoms with E-state index in [-0.39, 0.29) is 0 Å². The van der Waals surface area contributed by atoms with E-state index in [2.05, 4.69) is 30.6 Å². The quantitative estimate of drug-likeness (QED) is 0.885. The molecule has 1 atom stereocenters. The predicted molar refractivity (Wildman–Crippen MR) is 76.9 cm³/mol. The van der Waals surface area contributed by atoms with Crippen LogP contribution in [0.15, 0.2) is 24.5 Å². The van der Waals surface area contributed by atoms with Crippen molar-refractivity contribution >= 4 is 11.8 Å². The van der Waals surface area contributed by atoms with E-state index in [1.807, 2.05) is 13.0 Å². The lowest BCUT2D eigenvalue weighted by Gasteiger charge is -2.22. The lowest BCUT2D eigenvalue weighted by Crippen LogP contribution is -2.29. The summed E-state index contributed by atoms with van der Waals surface area (Å²) in [4.78, 5) is 17.3. The smallest absolute Gasteiger partial charge is 0.228 e. The van der Waals surface area contributed by atoms with E-state index in [1.54, 1.807) is 18.5 Å². The molecule has 2 aromatic heterocycles. The van der Waals surface area contributed by atoms with Crippen molar-refractivity contribution < 1.29 is 0 Å². The molecular weight excluding hydrogens is 252 g/mol. The molecule has 1 fully saturated rings. The van der Waals surface area contributed by atoms with E-state index in [9.17, 15) is 0 Å². The molecule has 3 rings (SSSR count). The Morgan fingerprint density at radius 2 is 2.10 bits per heavy atom. The van der Waals surface area contributed by atoms with Gasteiger partial charge in [0.2, 0.25) is 5.95 Å². The van der Waals surface area contributed by atoms with Gasteiger partial charge in [-0.1, -0.05) is 0 Å². The number of piperidine rings is 1. The van der Waals surface area contributed by atoms with Crippen molar-refractivity contribution in [2.24, 2.45) is 0 Å². The van der Waals surface area contributed by atoms with Crippen molar-refractivity contribution in [3.63, 3.8) is 0 Å². The molecule has 1 aliphatic rings. The van der Waals surface area contributed by atoms with Crippen molar-refractivity contribution in [3.8, 4) is 0 Å². The van der Waals surface area contributed by atoms with E-state index in [0.29, 0.717) is 11.9 Å². The molecule has 0 radical (unpaired) electrons. The molecule has 0 spiro atoms. The lowest BCUT2D eigenvalue weighted by atomic mass is 9.96. The summed E-state index contributed by atoms with van der Waals surface area (Å²) in [6.45, 7) is 4.00. The molecule has 1 aliphatic heterocycles. The highest BCUT2D eigenvalue weighted by Crippen LogP contribution is 2.23. The van der Waals surface area contributed by atoms with Gasteiger partial charge in [-0.3, -0.25) is 0 Å². The largest absolute Gasteiger partial charge is 0.316 e. The molecule has 2 N–H and O–H groups in total. The average Bonchev–Trinajstić information content (AvgIpc) is 2.49. The Kier molecular flexibility index (Phi) is 3.83. The van der Waals surface area contributed by atoms with E-state index in [0.717, 1.165) is 30.4 Å². The molecule has 0 bridgehead atoms. The number of nitrogens with zero attached hydrogens (tertiary/aromatic N) is 4. The van der Waals surface area contributed by atoms with E-state index in [4.69, 9.17) is 0 Å². The molecular formula is C14H18N6. The third kappa shape index (κ3) is 3.08. The van der Waals surface area contributed by atoms with E-state index >= 15 is 0 Å². The fourth-order valence-corrected chi connectivity index (χ4v) is 2.45. The summed E-state index contributed by atoms with van der Waals surface area (Å²) >= 11 is 0. The number of rotatable bonds is 3. The van der Waals surface area contributed by atoms with Gasteiger partial charge in [0.15, 0.2) is 0 Å². The molecule has 3 heterocycles. The number of aromatic nitrogens is 4. The third-order valence-corrected chi connectivity index (χ3v) is 3.38. The van der Waals surface area contributed by atoms with Crippen molar-refractivity contribution in [2.45, 2.75) is 25.7 Å². The summed E-state index contributed by atoms with van der Waals surface area (Å²) in [6, 6.07) is 3.79. The summed E-state index contributed by atoms with van der Waals surface area (Å²) < 4.78 is 0. The molecule has 1 saturated heterocycles. The summed E-state index contributed by atoms with van der Waals surface area (Å²) in [5, 5.41) is 6.55. The van der Waals surface area contributed by atoms with Gasteiger partial charge in [0, 0.05) is 30.9 Å². The van der Waals surface area contributed by atoms with Crippen LogP contribution in [-0.2, 0) is 0 Å². The molecule has 0 amide bonds. The van der Waals surface area contributed by atoms with Crippen LogP contribution in [0.25, 0.3) is 0 Å². The molecule has 0 saturated carbocycles. The molecule has 6 nitrogen and oxygen atoms in total. The molecule has 0 aromatic carbocycles. The van der Waals surface area contributed by atoms with Crippen molar-refractivity contribution in [3.05, 3.63) is 36.0 Å². The SMILES string of the molecule is Cc1nc(Nc2ncccn2)cc(C2CCCNC2)n1. The van der Waals surface area contributed by atoms with Crippen molar-refractivity contribution in [2.75, 3.05) is 18.4 Å². The highest BCUT2D eigenvalue weighted by atomic mass is 15.1. The molecule has 2 aromatic rings. The van der Waals surface area contributed by atoms with Crippen LogP contribution in [0.1, 0.15) is 30.3 Å². The van der Waals surface area contributed by atoms with Gasteiger partial charge in [-0.25, -0.2) is 19.9 Å². The summed E-state index contributed by atoms with van der Waals surface area (Å²) in [7, 11) is 0. The van der Waals surface area contributed by atoms with Crippen LogP contribution in [0.5, 0.6) is 0 Å². The summed E-state index contributed by atoms with van der Waals surface area (Å²) in [5.74, 6) is 2.54. The Morgan fingerprint density at radius 3 is 2.85 bits per heavy atom. The maximum Gasteiger partial charge on any atom is 0.228 e. The Hall–Kier alpha value is -2.08. The number of aryl methyl sites for hydroxylation is 1. The summed E-state index contributed by atoms with van der Waals surface area (Å²) in [6.07, 6.45) is 5.77. The van der Waals surface area contributed by atoms with Gasteiger partial charge < -0.3 is 10.6 Å². The lowest BCUT2D eigenvalue weighted by molar-refractivity contribution is 0.453. The van der Waals surface area contributed by atoms with Gasteiger partial charge in [-0.15, -0.1) is 0 Å². The second-order valence-corrected chi connectivity index (χ2v) is 4.97. The number of hydrogen-bond acceptors (Lipinski definition) is 6. The maximum absolute atomic E-state index is 4.57. The standard InChI is InChI=1S/C14H18N6/c1-10-18-12(11-4-2-5-15-9-11)8-13(19-10)20-14-16-6-3-7-17-14/h3,6-8,11,15H,2,4-5,9H2,1H3,(H,16,17,18,19,20). The Balaban J connectivity index is 1.82. The first-order chi connectivity index (χ1) is 9.81. The van der Waals surface area contributed by atoms with Crippen LogP contribution >= 0.6 is 0 Å². The Bertz CT molecular complexity index is 565. The van der Waals surface area contributed by atoms with Gasteiger partial charge in [-0.05, 0) is 32.4 Å². The zero-order valence-electron chi connectivity index (χ0n) is 11.5. The van der Waals surface area contributed by atoms with Gasteiger partial charge in [0.05, 0.1) is 5.69 Å². The molecule has 6 heteroatoms.